The third-order valence-corrected chi connectivity index (χ3v) is 10.9. The number of hydrogen-bond acceptors (Lipinski definition) is 5. The molecule has 0 saturated carbocycles. The van der Waals surface area contributed by atoms with Crippen molar-refractivity contribution in [2.45, 2.75) is 58.8 Å². The molecule has 5 heteroatoms. The Morgan fingerprint density at radius 2 is 1.56 bits per heavy atom. The van der Waals surface area contributed by atoms with Crippen molar-refractivity contribution in [1.29, 1.82) is 0 Å². The number of ether oxygens (including phenoxy) is 1. The maximum absolute atomic E-state index is 6.26. The summed E-state index contributed by atoms with van der Waals surface area (Å²) in [5, 5.41) is 5.40. The summed E-state index contributed by atoms with van der Waals surface area (Å²) in [6.45, 7) is 15.0. The van der Waals surface area contributed by atoms with Gasteiger partial charge in [0.2, 0.25) is 0 Å². The van der Waals surface area contributed by atoms with Crippen LogP contribution >= 0.6 is 0 Å². The summed E-state index contributed by atoms with van der Waals surface area (Å²) in [4.78, 5) is 20.1. The molecule has 3 aromatic heterocycles. The summed E-state index contributed by atoms with van der Waals surface area (Å²) in [7, 11) is 3.65. The fourth-order valence-corrected chi connectivity index (χ4v) is 7.87. The predicted molar refractivity (Wildman–Crippen MR) is 235 cm³/mol. The van der Waals surface area contributed by atoms with Gasteiger partial charge >= 0.3 is 0 Å². The molecule has 0 N–H and O–H groups in total. The van der Waals surface area contributed by atoms with Crippen molar-refractivity contribution >= 4 is 60.3 Å². The van der Waals surface area contributed by atoms with Gasteiger partial charge in [-0.05, 0) is 81.2 Å². The van der Waals surface area contributed by atoms with E-state index in [1.807, 2.05) is 32.2 Å². The summed E-state index contributed by atoms with van der Waals surface area (Å²) in [5.74, 6) is 1.38. The highest BCUT2D eigenvalue weighted by atomic mass is 16.5. The number of aromatic nitrogens is 3. The summed E-state index contributed by atoms with van der Waals surface area (Å²) in [5.41, 5.74) is 10.6. The highest BCUT2D eigenvalue weighted by molar-refractivity contribution is 6.13. The van der Waals surface area contributed by atoms with Gasteiger partial charge in [-0.15, -0.1) is 0 Å². The van der Waals surface area contributed by atoms with E-state index in [4.69, 9.17) is 24.7 Å². The molecule has 0 bridgehead atoms. The molecular weight excluding hydrogens is 673 g/mol. The molecule has 3 heterocycles. The van der Waals surface area contributed by atoms with Crippen LogP contribution in [0.2, 0.25) is 0 Å². The minimum atomic E-state index is 0.0857. The van der Waals surface area contributed by atoms with Crippen LogP contribution in [0.1, 0.15) is 81.4 Å². The van der Waals surface area contributed by atoms with Gasteiger partial charge in [0.1, 0.15) is 5.75 Å². The third kappa shape index (κ3) is 7.57. The van der Waals surface area contributed by atoms with Gasteiger partial charge in [0, 0.05) is 45.5 Å². The van der Waals surface area contributed by atoms with E-state index in [-0.39, 0.29) is 5.92 Å². The van der Waals surface area contributed by atoms with Crippen LogP contribution in [-0.2, 0) is 0 Å². The van der Waals surface area contributed by atoms with Gasteiger partial charge in [0.25, 0.3) is 0 Å². The van der Waals surface area contributed by atoms with Gasteiger partial charge in [0.05, 0.1) is 46.5 Å². The van der Waals surface area contributed by atoms with Crippen LogP contribution in [0, 0.1) is 5.92 Å². The number of para-hydroxylation sites is 1. The zero-order chi connectivity index (χ0) is 38.5. The number of fused-ring (bicyclic) bond motifs is 6. The maximum Gasteiger partial charge on any atom is 0.131 e. The first-order chi connectivity index (χ1) is 26.8. The molecule has 0 radical (unpaired) electrons. The Labute approximate surface area is 325 Å². The monoisotopic (exact) mass is 722 g/mol. The summed E-state index contributed by atoms with van der Waals surface area (Å²) in [6, 6.07) is 25.4. The van der Waals surface area contributed by atoms with E-state index in [0.29, 0.717) is 5.92 Å². The SMILES string of the molecule is C=C(/C=C\C)c1ccc2ccc3ccc(/C(CCC(=C)[C@@H](C)/C=C(\C=C/C)c4nc5ccccc5c5c(OC)c(C6C=CCCC6)ccc45)=N/C)nc3c2n1. The lowest BCUT2D eigenvalue weighted by molar-refractivity contribution is 0.411. The van der Waals surface area contributed by atoms with Gasteiger partial charge in [-0.3, -0.25) is 4.99 Å². The lowest BCUT2D eigenvalue weighted by atomic mass is 9.86. The van der Waals surface area contributed by atoms with E-state index in [2.05, 4.69) is 124 Å². The van der Waals surface area contributed by atoms with Gasteiger partial charge in [-0.1, -0.05) is 123 Å². The first kappa shape index (κ1) is 37.4. The van der Waals surface area contributed by atoms with E-state index < -0.39 is 0 Å². The zero-order valence-electron chi connectivity index (χ0n) is 32.8. The van der Waals surface area contributed by atoms with Crippen molar-refractivity contribution in [3.8, 4) is 5.75 Å². The van der Waals surface area contributed by atoms with Gasteiger partial charge in [0.15, 0.2) is 0 Å². The minimum absolute atomic E-state index is 0.0857. The lowest BCUT2D eigenvalue weighted by Gasteiger charge is -2.22. The summed E-state index contributed by atoms with van der Waals surface area (Å²) in [6.07, 6.45) is 20.1. The van der Waals surface area contributed by atoms with Crippen LogP contribution in [0.4, 0.5) is 0 Å². The smallest absolute Gasteiger partial charge is 0.131 e. The quantitative estimate of drug-likeness (QED) is 0.0546. The molecule has 5 nitrogen and oxygen atoms in total. The Morgan fingerprint density at radius 1 is 0.855 bits per heavy atom. The average Bonchev–Trinajstić information content (AvgIpc) is 3.22. The molecule has 0 saturated heterocycles. The Kier molecular flexibility index (Phi) is 11.3. The van der Waals surface area contributed by atoms with Crippen molar-refractivity contribution in [3.05, 3.63) is 157 Å². The van der Waals surface area contributed by atoms with Crippen LogP contribution in [0.25, 0.3) is 54.6 Å². The number of hydrogen-bond donors (Lipinski definition) is 0. The molecule has 3 aromatic carbocycles. The van der Waals surface area contributed by atoms with Crippen molar-refractivity contribution in [1.82, 2.24) is 15.0 Å². The van der Waals surface area contributed by atoms with E-state index in [1.54, 1.807) is 7.11 Å². The molecule has 2 atom stereocenters. The number of aliphatic imine (C=N–C) groups is 1. The second-order valence-electron chi connectivity index (χ2n) is 14.4. The van der Waals surface area contributed by atoms with Crippen molar-refractivity contribution < 1.29 is 4.74 Å². The molecule has 1 unspecified atom stereocenters. The maximum atomic E-state index is 6.26. The average molecular weight is 723 g/mol. The number of nitrogens with zero attached hydrogens (tertiary/aromatic N) is 4. The van der Waals surface area contributed by atoms with Gasteiger partial charge in [-0.25, -0.2) is 15.0 Å². The Balaban J connectivity index is 1.19. The standard InChI is InChI=1S/C50H50N4O/c1-8-15-33(4)42-29-24-36-22-23-37-25-30-45(54-49(37)48(36)52-42)44(51-6)28-21-32(3)34(5)31-38(16-9-2)47-41-27-26-39(35-17-11-10-12-18-35)50(55-7)46(41)40-19-13-14-20-43(40)53-47/h8-9,11,13-17,19-20,22-27,29-31,34-35H,3-4,10,12,18,21,28H2,1-2,5-7H3/b15-8-,16-9-,38-31+,51-44+/t34-,35?/m0/s1. The number of benzene rings is 3. The molecule has 0 fully saturated rings. The fraction of sp³-hybridized carbons (Fsp3) is 0.240. The largest absolute Gasteiger partial charge is 0.496 e. The van der Waals surface area contributed by atoms with Crippen LogP contribution < -0.4 is 4.74 Å². The van der Waals surface area contributed by atoms with Crippen molar-refractivity contribution in [3.63, 3.8) is 0 Å². The molecule has 1 aliphatic carbocycles. The highest BCUT2D eigenvalue weighted by Crippen LogP contribution is 2.43. The highest BCUT2D eigenvalue weighted by Gasteiger charge is 2.22. The summed E-state index contributed by atoms with van der Waals surface area (Å²) >= 11 is 0. The van der Waals surface area contributed by atoms with E-state index >= 15 is 0 Å². The van der Waals surface area contributed by atoms with Crippen LogP contribution in [-0.4, -0.2) is 34.8 Å². The first-order valence-corrected chi connectivity index (χ1v) is 19.4. The van der Waals surface area contributed by atoms with Crippen LogP contribution in [0.3, 0.4) is 0 Å². The topological polar surface area (TPSA) is 60.3 Å². The fourth-order valence-electron chi connectivity index (χ4n) is 7.87. The number of pyridine rings is 3. The number of methoxy groups -OCH3 is 1. The molecule has 55 heavy (non-hydrogen) atoms. The zero-order valence-corrected chi connectivity index (χ0v) is 32.8. The molecule has 0 aliphatic heterocycles. The predicted octanol–water partition coefficient (Wildman–Crippen LogP) is 13.0. The van der Waals surface area contributed by atoms with Crippen molar-refractivity contribution in [2.75, 3.05) is 14.2 Å². The second-order valence-corrected chi connectivity index (χ2v) is 14.4. The van der Waals surface area contributed by atoms with E-state index in [9.17, 15) is 0 Å². The van der Waals surface area contributed by atoms with E-state index in [1.165, 1.54) is 12.0 Å². The lowest BCUT2D eigenvalue weighted by Crippen LogP contribution is -2.07. The molecule has 7 rings (SSSR count). The molecular formula is C50H50N4O. The normalized spacial score (nSPS) is 15.9. The Hall–Kier alpha value is -5.94. The molecule has 6 aromatic rings. The molecule has 1 aliphatic rings. The van der Waals surface area contributed by atoms with Gasteiger partial charge in [-0.2, -0.15) is 0 Å². The Bertz CT molecular complexity index is 2600. The third-order valence-electron chi connectivity index (χ3n) is 10.9. The first-order valence-electron chi connectivity index (χ1n) is 19.4. The van der Waals surface area contributed by atoms with Gasteiger partial charge < -0.3 is 4.74 Å². The second kappa shape index (κ2) is 16.6. The summed E-state index contributed by atoms with van der Waals surface area (Å²) < 4.78 is 6.26. The van der Waals surface area contributed by atoms with Crippen molar-refractivity contribution in [2.24, 2.45) is 10.9 Å². The molecule has 276 valence electrons. The molecule has 0 spiro atoms. The number of rotatable bonds is 12. The minimum Gasteiger partial charge on any atom is -0.496 e. The molecule has 0 amide bonds. The van der Waals surface area contributed by atoms with Crippen LogP contribution in [0.15, 0.2) is 139 Å². The Morgan fingerprint density at radius 3 is 2.25 bits per heavy atom. The van der Waals surface area contributed by atoms with E-state index in [0.717, 1.165) is 114 Å². The number of allylic oxidation sites excluding steroid dienone is 10. The van der Waals surface area contributed by atoms with Crippen LogP contribution in [0.5, 0.6) is 5.75 Å².